The third kappa shape index (κ3) is 4.59. The average molecular weight is 395 g/mol. The molecule has 1 aromatic carbocycles. The first kappa shape index (κ1) is 18.8. The summed E-state index contributed by atoms with van der Waals surface area (Å²) in [6, 6.07) is 4.94. The molecule has 0 aromatic heterocycles. The number of nitrogens with zero attached hydrogens (tertiary/aromatic N) is 1. The van der Waals surface area contributed by atoms with Crippen molar-refractivity contribution in [2.75, 3.05) is 19.7 Å². The Morgan fingerprint density at radius 3 is 2.77 bits per heavy atom. The maximum Gasteiger partial charge on any atom is 0.290 e. The summed E-state index contributed by atoms with van der Waals surface area (Å²) in [5, 5.41) is 2.25. The number of piperidine rings is 1. The van der Waals surface area contributed by atoms with Gasteiger partial charge in [0, 0.05) is 23.7 Å². The highest BCUT2D eigenvalue weighted by atomic mass is 35.5. The molecule has 2 aliphatic heterocycles. The van der Waals surface area contributed by atoms with E-state index in [4.69, 9.17) is 16.3 Å². The molecule has 8 heteroatoms. The molecule has 0 spiro atoms. The summed E-state index contributed by atoms with van der Waals surface area (Å²) in [6.07, 6.45) is 3.55. The van der Waals surface area contributed by atoms with Crippen LogP contribution in [0.5, 0.6) is 5.75 Å². The van der Waals surface area contributed by atoms with Gasteiger partial charge in [0.15, 0.2) is 6.61 Å². The van der Waals surface area contributed by atoms with Crippen molar-refractivity contribution in [3.63, 3.8) is 0 Å². The van der Waals surface area contributed by atoms with Gasteiger partial charge < -0.3 is 9.64 Å². The Balaban J connectivity index is 1.70. The number of carbonyl (C=O) groups is 3. The van der Waals surface area contributed by atoms with Crippen LogP contribution in [0.4, 0.5) is 4.79 Å². The van der Waals surface area contributed by atoms with E-state index in [2.05, 4.69) is 12.2 Å². The van der Waals surface area contributed by atoms with Gasteiger partial charge in [-0.3, -0.25) is 19.7 Å². The number of nitrogens with one attached hydrogen (secondary N) is 1. The zero-order chi connectivity index (χ0) is 18.7. The van der Waals surface area contributed by atoms with Crippen LogP contribution >= 0.6 is 23.4 Å². The predicted octanol–water partition coefficient (Wildman–Crippen LogP) is 3.30. The van der Waals surface area contributed by atoms with Crippen LogP contribution in [0, 0.1) is 5.92 Å². The van der Waals surface area contributed by atoms with Crippen LogP contribution in [-0.4, -0.2) is 41.6 Å². The van der Waals surface area contributed by atoms with Gasteiger partial charge in [0.25, 0.3) is 17.1 Å². The van der Waals surface area contributed by atoms with Crippen molar-refractivity contribution in [3.05, 3.63) is 33.7 Å². The molecule has 1 N–H and O–H groups in total. The molecule has 2 fully saturated rings. The Bertz CT molecular complexity index is 772. The Labute approximate surface area is 160 Å². The summed E-state index contributed by atoms with van der Waals surface area (Å²) >= 11 is 6.85. The molecule has 2 aliphatic rings. The molecule has 1 aromatic rings. The molecule has 138 valence electrons. The first-order valence-electron chi connectivity index (χ1n) is 8.37. The molecular formula is C18H19ClN2O4S. The number of benzene rings is 1. The van der Waals surface area contributed by atoms with E-state index in [9.17, 15) is 14.4 Å². The van der Waals surface area contributed by atoms with E-state index in [1.54, 1.807) is 24.3 Å². The van der Waals surface area contributed by atoms with Crippen molar-refractivity contribution in [1.29, 1.82) is 0 Å². The predicted molar refractivity (Wildman–Crippen MR) is 101 cm³/mol. The van der Waals surface area contributed by atoms with Crippen LogP contribution in [0.2, 0.25) is 5.02 Å². The zero-order valence-corrected chi connectivity index (χ0v) is 15.9. The molecule has 0 aliphatic carbocycles. The van der Waals surface area contributed by atoms with Crippen LogP contribution < -0.4 is 10.1 Å². The number of imide groups is 1. The molecule has 0 saturated carbocycles. The lowest BCUT2D eigenvalue weighted by Crippen LogP contribution is -2.40. The maximum atomic E-state index is 12.3. The lowest BCUT2D eigenvalue weighted by Gasteiger charge is -2.30. The number of hydrogen-bond donors (Lipinski definition) is 1. The van der Waals surface area contributed by atoms with Crippen LogP contribution in [0.3, 0.4) is 0 Å². The number of amides is 3. The van der Waals surface area contributed by atoms with Crippen molar-refractivity contribution in [3.8, 4) is 5.75 Å². The minimum absolute atomic E-state index is 0.0615. The van der Waals surface area contributed by atoms with Gasteiger partial charge in [-0.1, -0.05) is 18.5 Å². The lowest BCUT2D eigenvalue weighted by molar-refractivity contribution is -0.134. The summed E-state index contributed by atoms with van der Waals surface area (Å²) in [6.45, 7) is 3.61. The molecule has 3 rings (SSSR count). The van der Waals surface area contributed by atoms with E-state index >= 15 is 0 Å². The minimum Gasteiger partial charge on any atom is -0.483 e. The summed E-state index contributed by atoms with van der Waals surface area (Å²) in [5.74, 6) is 0.568. The first-order valence-corrected chi connectivity index (χ1v) is 9.57. The smallest absolute Gasteiger partial charge is 0.290 e. The van der Waals surface area contributed by atoms with Gasteiger partial charge in [0.05, 0.1) is 4.91 Å². The molecule has 26 heavy (non-hydrogen) atoms. The summed E-state index contributed by atoms with van der Waals surface area (Å²) in [5.41, 5.74) is 0.546. The Morgan fingerprint density at radius 1 is 1.38 bits per heavy atom. The van der Waals surface area contributed by atoms with Crippen LogP contribution in [0.1, 0.15) is 25.3 Å². The number of hydrogen-bond acceptors (Lipinski definition) is 5. The molecule has 3 amide bonds. The Kier molecular flexibility index (Phi) is 5.88. The van der Waals surface area contributed by atoms with Crippen molar-refractivity contribution in [1.82, 2.24) is 10.2 Å². The van der Waals surface area contributed by atoms with Gasteiger partial charge in [-0.05, 0) is 54.8 Å². The summed E-state index contributed by atoms with van der Waals surface area (Å²) in [4.78, 5) is 37.4. The summed E-state index contributed by atoms with van der Waals surface area (Å²) in [7, 11) is 0. The number of carbonyl (C=O) groups excluding carboxylic acids is 3. The molecule has 2 heterocycles. The molecule has 2 saturated heterocycles. The van der Waals surface area contributed by atoms with Gasteiger partial charge in [0.2, 0.25) is 0 Å². The quantitative estimate of drug-likeness (QED) is 0.793. The third-order valence-corrected chi connectivity index (χ3v) is 5.43. The van der Waals surface area contributed by atoms with E-state index in [0.29, 0.717) is 22.3 Å². The standard InChI is InChI=1S/C18H19ClN2O4S/c1-11-4-6-21(7-5-11)16(22)10-25-14-3-2-13(19)8-12(14)9-15-17(23)20-18(24)26-15/h2-3,8-9,11H,4-7,10H2,1H3,(H,20,23,24)/b15-9-. The molecule has 0 atom stereocenters. The normalized spacial score (nSPS) is 19.8. The van der Waals surface area contributed by atoms with Crippen molar-refractivity contribution in [2.24, 2.45) is 5.92 Å². The fourth-order valence-electron chi connectivity index (χ4n) is 2.81. The molecule has 6 nitrogen and oxygen atoms in total. The van der Waals surface area contributed by atoms with Crippen molar-refractivity contribution >= 4 is 46.5 Å². The fourth-order valence-corrected chi connectivity index (χ4v) is 3.67. The molecule has 0 radical (unpaired) electrons. The number of halogens is 1. The lowest BCUT2D eigenvalue weighted by atomic mass is 9.99. The SMILES string of the molecule is CC1CCN(C(=O)COc2ccc(Cl)cc2/C=C2\SC(=O)NC2=O)CC1. The second kappa shape index (κ2) is 8.14. The second-order valence-corrected chi connectivity index (χ2v) is 7.84. The van der Waals surface area contributed by atoms with Gasteiger partial charge in [-0.15, -0.1) is 0 Å². The van der Waals surface area contributed by atoms with E-state index in [0.717, 1.165) is 37.7 Å². The molecule has 0 bridgehead atoms. The number of ether oxygens (including phenoxy) is 1. The van der Waals surface area contributed by atoms with E-state index in [1.165, 1.54) is 0 Å². The van der Waals surface area contributed by atoms with E-state index in [1.807, 2.05) is 4.90 Å². The van der Waals surface area contributed by atoms with Gasteiger partial charge in [-0.25, -0.2) is 0 Å². The largest absolute Gasteiger partial charge is 0.483 e. The highest BCUT2D eigenvalue weighted by Gasteiger charge is 2.26. The molecule has 0 unspecified atom stereocenters. The minimum atomic E-state index is -0.454. The highest BCUT2D eigenvalue weighted by molar-refractivity contribution is 8.18. The topological polar surface area (TPSA) is 75.7 Å². The Morgan fingerprint density at radius 2 is 2.12 bits per heavy atom. The van der Waals surface area contributed by atoms with Crippen molar-refractivity contribution < 1.29 is 19.1 Å². The molecular weight excluding hydrogens is 376 g/mol. The number of likely N-dealkylation sites (tertiary alicyclic amines) is 1. The summed E-state index contributed by atoms with van der Waals surface area (Å²) < 4.78 is 5.69. The number of rotatable bonds is 4. The maximum absolute atomic E-state index is 12.3. The highest BCUT2D eigenvalue weighted by Crippen LogP contribution is 2.31. The van der Waals surface area contributed by atoms with Crippen molar-refractivity contribution in [2.45, 2.75) is 19.8 Å². The number of thioether (sulfide) groups is 1. The fraction of sp³-hybridized carbons (Fsp3) is 0.389. The average Bonchev–Trinajstić information content (AvgIpc) is 2.92. The zero-order valence-electron chi connectivity index (χ0n) is 14.3. The first-order chi connectivity index (χ1) is 12.4. The van der Waals surface area contributed by atoms with Gasteiger partial charge >= 0.3 is 0 Å². The third-order valence-electron chi connectivity index (χ3n) is 4.39. The van der Waals surface area contributed by atoms with E-state index < -0.39 is 11.1 Å². The van der Waals surface area contributed by atoms with Crippen LogP contribution in [0.15, 0.2) is 23.1 Å². The van der Waals surface area contributed by atoms with E-state index in [-0.39, 0.29) is 17.4 Å². The van der Waals surface area contributed by atoms with Crippen LogP contribution in [-0.2, 0) is 9.59 Å². The van der Waals surface area contributed by atoms with Gasteiger partial charge in [0.1, 0.15) is 5.75 Å². The monoisotopic (exact) mass is 394 g/mol. The second-order valence-electron chi connectivity index (χ2n) is 6.39. The van der Waals surface area contributed by atoms with Gasteiger partial charge in [-0.2, -0.15) is 0 Å². The Hall–Kier alpha value is -1.99. The van der Waals surface area contributed by atoms with Crippen LogP contribution in [0.25, 0.3) is 6.08 Å².